The van der Waals surface area contributed by atoms with Crippen LogP contribution in [0, 0.1) is 6.92 Å². The number of hydrogen-bond acceptors (Lipinski definition) is 5. The largest absolute Gasteiger partial charge is 0.383 e. The van der Waals surface area contributed by atoms with Crippen molar-refractivity contribution in [3.8, 4) is 0 Å². The topological polar surface area (TPSA) is 55.0 Å². The van der Waals surface area contributed by atoms with Gasteiger partial charge in [-0.25, -0.2) is 9.97 Å². The molecule has 1 atom stereocenters. The van der Waals surface area contributed by atoms with Crippen LogP contribution in [0.4, 0.5) is 11.6 Å². The summed E-state index contributed by atoms with van der Waals surface area (Å²) >= 11 is 2.01. The molecule has 0 amide bonds. The molecule has 1 aromatic heterocycles. The van der Waals surface area contributed by atoms with Crippen LogP contribution in [0.5, 0.6) is 0 Å². The molecule has 1 aliphatic heterocycles. The second-order valence-electron chi connectivity index (χ2n) is 4.46. The van der Waals surface area contributed by atoms with Gasteiger partial charge in [-0.05, 0) is 19.1 Å². The normalized spacial score (nSPS) is 19.6. The Labute approximate surface area is 107 Å². The Morgan fingerprint density at radius 3 is 2.82 bits per heavy atom. The molecule has 1 aliphatic rings. The van der Waals surface area contributed by atoms with E-state index in [1.807, 2.05) is 18.7 Å². The highest BCUT2D eigenvalue weighted by molar-refractivity contribution is 7.99. The summed E-state index contributed by atoms with van der Waals surface area (Å²) in [6.07, 6.45) is 2.05. The average Bonchev–Trinajstić information content (AvgIpc) is 2.85. The zero-order valence-corrected chi connectivity index (χ0v) is 11.5. The van der Waals surface area contributed by atoms with Gasteiger partial charge in [0, 0.05) is 30.8 Å². The van der Waals surface area contributed by atoms with E-state index in [0.717, 1.165) is 23.6 Å². The van der Waals surface area contributed by atoms with Gasteiger partial charge in [0.1, 0.15) is 17.5 Å². The standard InChI is InChI=1S/C12H20N4S/c1-4-10-14-11(13)8(2)12(15-10)16(3)9-5-6-17-7-9/h9H,4-7H2,1-3H3,(H2,13,14,15). The Morgan fingerprint density at radius 1 is 1.47 bits per heavy atom. The van der Waals surface area contributed by atoms with Crippen LogP contribution in [0.3, 0.4) is 0 Å². The molecule has 0 aliphatic carbocycles. The average molecular weight is 252 g/mol. The summed E-state index contributed by atoms with van der Waals surface area (Å²) in [5.41, 5.74) is 6.95. The number of anilines is 2. The number of nitrogens with zero attached hydrogens (tertiary/aromatic N) is 3. The Kier molecular flexibility index (Phi) is 3.76. The van der Waals surface area contributed by atoms with E-state index in [9.17, 15) is 0 Å². The van der Waals surface area contributed by atoms with Crippen LogP contribution in [0.1, 0.15) is 24.7 Å². The van der Waals surface area contributed by atoms with Crippen molar-refractivity contribution < 1.29 is 0 Å². The Bertz CT molecular complexity index is 402. The second-order valence-corrected chi connectivity index (χ2v) is 5.61. The molecule has 94 valence electrons. The van der Waals surface area contributed by atoms with E-state index in [1.165, 1.54) is 17.9 Å². The highest BCUT2D eigenvalue weighted by atomic mass is 32.2. The Balaban J connectivity index is 2.32. The molecule has 2 N–H and O–H groups in total. The molecule has 0 bridgehead atoms. The summed E-state index contributed by atoms with van der Waals surface area (Å²) < 4.78 is 0. The minimum atomic E-state index is 0.581. The first-order valence-corrected chi connectivity index (χ1v) is 7.22. The van der Waals surface area contributed by atoms with E-state index in [-0.39, 0.29) is 0 Å². The predicted molar refractivity (Wildman–Crippen MR) is 74.7 cm³/mol. The lowest BCUT2D eigenvalue weighted by molar-refractivity contribution is 0.685. The zero-order valence-electron chi connectivity index (χ0n) is 10.7. The van der Waals surface area contributed by atoms with Crippen molar-refractivity contribution in [3.05, 3.63) is 11.4 Å². The van der Waals surface area contributed by atoms with Crippen LogP contribution in [0.2, 0.25) is 0 Å². The molecule has 0 saturated carbocycles. The summed E-state index contributed by atoms with van der Waals surface area (Å²) in [7, 11) is 2.12. The highest BCUT2D eigenvalue weighted by Crippen LogP contribution is 2.28. The van der Waals surface area contributed by atoms with Crippen LogP contribution in [-0.2, 0) is 6.42 Å². The molecular formula is C12H20N4S. The van der Waals surface area contributed by atoms with Gasteiger partial charge in [0.2, 0.25) is 0 Å². The first kappa shape index (κ1) is 12.5. The molecule has 0 spiro atoms. The van der Waals surface area contributed by atoms with Crippen molar-refractivity contribution in [3.63, 3.8) is 0 Å². The maximum absolute atomic E-state index is 5.95. The second kappa shape index (κ2) is 5.12. The lowest BCUT2D eigenvalue weighted by Gasteiger charge is -2.27. The van der Waals surface area contributed by atoms with E-state index in [1.54, 1.807) is 0 Å². The summed E-state index contributed by atoms with van der Waals surface area (Å²) in [5.74, 6) is 4.88. The van der Waals surface area contributed by atoms with Crippen LogP contribution in [0.25, 0.3) is 0 Å². The molecule has 1 aromatic rings. The first-order valence-electron chi connectivity index (χ1n) is 6.07. The minimum absolute atomic E-state index is 0.581. The van der Waals surface area contributed by atoms with Gasteiger partial charge < -0.3 is 10.6 Å². The fourth-order valence-electron chi connectivity index (χ4n) is 2.07. The molecule has 0 radical (unpaired) electrons. The van der Waals surface area contributed by atoms with Gasteiger partial charge in [-0.1, -0.05) is 6.92 Å². The van der Waals surface area contributed by atoms with Gasteiger partial charge in [0.15, 0.2) is 0 Å². The van der Waals surface area contributed by atoms with Crippen LogP contribution in [0.15, 0.2) is 0 Å². The van der Waals surface area contributed by atoms with E-state index in [4.69, 9.17) is 5.73 Å². The summed E-state index contributed by atoms with van der Waals surface area (Å²) in [6.45, 7) is 4.06. The van der Waals surface area contributed by atoms with Crippen molar-refractivity contribution in [2.45, 2.75) is 32.7 Å². The number of aryl methyl sites for hydroxylation is 1. The van der Waals surface area contributed by atoms with E-state index >= 15 is 0 Å². The third-order valence-electron chi connectivity index (χ3n) is 3.31. The number of aromatic nitrogens is 2. The molecule has 0 aromatic carbocycles. The van der Waals surface area contributed by atoms with Crippen molar-refractivity contribution in [1.82, 2.24) is 9.97 Å². The third-order valence-corrected chi connectivity index (χ3v) is 4.45. The lowest BCUT2D eigenvalue weighted by Crippen LogP contribution is -2.33. The van der Waals surface area contributed by atoms with Gasteiger partial charge in [0.25, 0.3) is 0 Å². The Hall–Kier alpha value is -0.970. The number of nitrogens with two attached hydrogens (primary N) is 1. The van der Waals surface area contributed by atoms with Crippen LogP contribution in [-0.4, -0.2) is 34.6 Å². The van der Waals surface area contributed by atoms with Gasteiger partial charge in [-0.2, -0.15) is 11.8 Å². The Morgan fingerprint density at radius 2 is 2.24 bits per heavy atom. The molecule has 1 unspecified atom stereocenters. The monoisotopic (exact) mass is 252 g/mol. The van der Waals surface area contributed by atoms with Crippen LogP contribution < -0.4 is 10.6 Å². The zero-order chi connectivity index (χ0) is 12.4. The third kappa shape index (κ3) is 2.49. The molecular weight excluding hydrogens is 232 g/mol. The maximum atomic E-state index is 5.95. The smallest absolute Gasteiger partial charge is 0.137 e. The summed E-state index contributed by atoms with van der Waals surface area (Å²) in [6, 6.07) is 0.581. The lowest BCUT2D eigenvalue weighted by atomic mass is 10.2. The molecule has 2 rings (SSSR count). The molecule has 1 fully saturated rings. The van der Waals surface area contributed by atoms with Gasteiger partial charge in [-0.3, -0.25) is 0 Å². The van der Waals surface area contributed by atoms with E-state index in [2.05, 4.69) is 28.8 Å². The van der Waals surface area contributed by atoms with E-state index < -0.39 is 0 Å². The SMILES string of the molecule is CCc1nc(N)c(C)c(N(C)C2CCSC2)n1. The fourth-order valence-corrected chi connectivity index (χ4v) is 3.34. The van der Waals surface area contributed by atoms with Crippen molar-refractivity contribution in [2.24, 2.45) is 0 Å². The van der Waals surface area contributed by atoms with Crippen molar-refractivity contribution in [2.75, 3.05) is 29.2 Å². The first-order chi connectivity index (χ1) is 8.13. The van der Waals surface area contributed by atoms with Crippen molar-refractivity contribution >= 4 is 23.4 Å². The number of rotatable bonds is 3. The number of hydrogen-bond donors (Lipinski definition) is 1. The highest BCUT2D eigenvalue weighted by Gasteiger charge is 2.23. The van der Waals surface area contributed by atoms with Crippen LogP contribution >= 0.6 is 11.8 Å². The quantitative estimate of drug-likeness (QED) is 0.890. The minimum Gasteiger partial charge on any atom is -0.383 e. The number of nitrogen functional groups attached to an aromatic ring is 1. The molecule has 1 saturated heterocycles. The summed E-state index contributed by atoms with van der Waals surface area (Å²) in [4.78, 5) is 11.2. The molecule has 5 heteroatoms. The fraction of sp³-hybridized carbons (Fsp3) is 0.667. The number of thioether (sulfide) groups is 1. The van der Waals surface area contributed by atoms with Gasteiger partial charge in [0.05, 0.1) is 0 Å². The van der Waals surface area contributed by atoms with E-state index in [0.29, 0.717) is 11.9 Å². The molecule has 4 nitrogen and oxygen atoms in total. The predicted octanol–water partition coefficient (Wildman–Crippen LogP) is 1.87. The summed E-state index contributed by atoms with van der Waals surface area (Å²) in [5, 5.41) is 0. The van der Waals surface area contributed by atoms with Gasteiger partial charge >= 0.3 is 0 Å². The van der Waals surface area contributed by atoms with Crippen molar-refractivity contribution in [1.29, 1.82) is 0 Å². The molecule has 17 heavy (non-hydrogen) atoms. The maximum Gasteiger partial charge on any atom is 0.137 e. The molecule has 2 heterocycles. The van der Waals surface area contributed by atoms with Gasteiger partial charge in [-0.15, -0.1) is 0 Å².